The minimum Gasteiger partial charge on any atom is -0.356 e. The number of nitrogens with one attached hydrogen (secondary N) is 2. The zero-order chi connectivity index (χ0) is 11.8. The summed E-state index contributed by atoms with van der Waals surface area (Å²) in [6.07, 6.45) is 0.869. The molecule has 0 bridgehead atoms. The van der Waals surface area contributed by atoms with E-state index in [1.54, 1.807) is 0 Å². The topological polar surface area (TPSA) is 58.2 Å². The van der Waals surface area contributed by atoms with Crippen molar-refractivity contribution in [1.29, 1.82) is 0 Å². The van der Waals surface area contributed by atoms with E-state index in [-0.39, 0.29) is 24.3 Å². The van der Waals surface area contributed by atoms with Crippen molar-refractivity contribution in [2.75, 3.05) is 6.54 Å². The maximum Gasteiger partial charge on any atom is 0.229 e. The van der Waals surface area contributed by atoms with E-state index in [4.69, 9.17) is 0 Å². The Balaban J connectivity index is 3.60. The van der Waals surface area contributed by atoms with Crippen LogP contribution in [0, 0.1) is 5.92 Å². The lowest BCUT2D eigenvalue weighted by Crippen LogP contribution is -2.35. The minimum absolute atomic E-state index is 0.0731. The molecular weight excluding hydrogens is 192 g/mol. The molecule has 0 aliphatic rings. The molecule has 0 aliphatic heterocycles. The molecule has 0 aromatic carbocycles. The van der Waals surface area contributed by atoms with E-state index < -0.39 is 0 Å². The molecule has 0 rings (SSSR count). The van der Waals surface area contributed by atoms with Crippen LogP contribution in [0.2, 0.25) is 0 Å². The van der Waals surface area contributed by atoms with Crippen LogP contribution in [-0.2, 0) is 9.59 Å². The average molecular weight is 214 g/mol. The highest BCUT2D eigenvalue weighted by molar-refractivity contribution is 5.96. The molecule has 4 nitrogen and oxygen atoms in total. The summed E-state index contributed by atoms with van der Waals surface area (Å²) in [5.41, 5.74) is 0. The molecule has 0 radical (unpaired) electrons. The predicted molar refractivity (Wildman–Crippen MR) is 60.4 cm³/mol. The Hall–Kier alpha value is -1.06. The van der Waals surface area contributed by atoms with Gasteiger partial charge in [-0.2, -0.15) is 0 Å². The summed E-state index contributed by atoms with van der Waals surface area (Å²) in [6, 6.07) is 0.0842. The Morgan fingerprint density at radius 1 is 1.07 bits per heavy atom. The molecular formula is C11H22N2O2. The molecule has 0 aromatic heterocycles. The standard InChI is InChI=1S/C11H22N2O2/c1-8(2)5-6-12-10(14)7-11(15)13-9(3)4/h8-9H,5-7H2,1-4H3,(H,12,14)(H,13,15). The summed E-state index contributed by atoms with van der Waals surface area (Å²) in [4.78, 5) is 22.4. The van der Waals surface area contributed by atoms with E-state index in [1.165, 1.54) is 0 Å². The van der Waals surface area contributed by atoms with Crippen molar-refractivity contribution in [1.82, 2.24) is 10.6 Å². The Labute approximate surface area is 91.8 Å². The molecule has 0 unspecified atom stereocenters. The lowest BCUT2D eigenvalue weighted by atomic mass is 10.1. The van der Waals surface area contributed by atoms with Crippen LogP contribution < -0.4 is 10.6 Å². The molecule has 0 fully saturated rings. The van der Waals surface area contributed by atoms with Crippen molar-refractivity contribution in [3.8, 4) is 0 Å². The molecule has 88 valence electrons. The molecule has 0 saturated carbocycles. The van der Waals surface area contributed by atoms with Crippen LogP contribution in [0.5, 0.6) is 0 Å². The normalized spacial score (nSPS) is 10.5. The molecule has 0 atom stereocenters. The fraction of sp³-hybridized carbons (Fsp3) is 0.818. The summed E-state index contributed by atoms with van der Waals surface area (Å²) in [5.74, 6) is 0.149. The van der Waals surface area contributed by atoms with E-state index >= 15 is 0 Å². The maximum absolute atomic E-state index is 11.2. The van der Waals surface area contributed by atoms with Gasteiger partial charge >= 0.3 is 0 Å². The molecule has 2 amide bonds. The first-order valence-corrected chi connectivity index (χ1v) is 5.48. The largest absolute Gasteiger partial charge is 0.356 e. The van der Waals surface area contributed by atoms with E-state index in [1.807, 2.05) is 13.8 Å². The van der Waals surface area contributed by atoms with Crippen molar-refractivity contribution in [3.05, 3.63) is 0 Å². The van der Waals surface area contributed by atoms with E-state index in [9.17, 15) is 9.59 Å². The van der Waals surface area contributed by atoms with Gasteiger partial charge in [0.15, 0.2) is 0 Å². The molecule has 0 aliphatic carbocycles. The van der Waals surface area contributed by atoms with Crippen LogP contribution in [0.4, 0.5) is 0 Å². The van der Waals surface area contributed by atoms with Crippen LogP contribution in [-0.4, -0.2) is 24.4 Å². The van der Waals surface area contributed by atoms with Crippen LogP contribution in [0.25, 0.3) is 0 Å². The van der Waals surface area contributed by atoms with Gasteiger partial charge in [0.25, 0.3) is 0 Å². The first-order chi connectivity index (χ1) is 6.91. The van der Waals surface area contributed by atoms with Gasteiger partial charge in [-0.05, 0) is 26.2 Å². The van der Waals surface area contributed by atoms with E-state index in [2.05, 4.69) is 24.5 Å². The van der Waals surface area contributed by atoms with Gasteiger partial charge in [-0.3, -0.25) is 9.59 Å². The van der Waals surface area contributed by atoms with Gasteiger partial charge in [0.2, 0.25) is 11.8 Å². The van der Waals surface area contributed by atoms with Crippen molar-refractivity contribution in [3.63, 3.8) is 0 Å². The highest BCUT2D eigenvalue weighted by atomic mass is 16.2. The number of carbonyl (C=O) groups is 2. The number of rotatable bonds is 6. The van der Waals surface area contributed by atoms with Crippen LogP contribution in [0.3, 0.4) is 0 Å². The molecule has 4 heteroatoms. The van der Waals surface area contributed by atoms with Gasteiger partial charge in [-0.15, -0.1) is 0 Å². The van der Waals surface area contributed by atoms with Crippen LogP contribution in [0.1, 0.15) is 40.5 Å². The fourth-order valence-corrected chi connectivity index (χ4v) is 1.08. The van der Waals surface area contributed by atoms with E-state index in [0.717, 1.165) is 6.42 Å². The third-order valence-corrected chi connectivity index (χ3v) is 1.81. The number of hydrogen-bond donors (Lipinski definition) is 2. The van der Waals surface area contributed by atoms with Gasteiger partial charge in [0.1, 0.15) is 6.42 Å². The molecule has 0 saturated heterocycles. The predicted octanol–water partition coefficient (Wildman–Crippen LogP) is 1.06. The van der Waals surface area contributed by atoms with Gasteiger partial charge in [-0.1, -0.05) is 13.8 Å². The summed E-state index contributed by atoms with van der Waals surface area (Å²) in [6.45, 7) is 8.57. The zero-order valence-corrected chi connectivity index (χ0v) is 10.1. The van der Waals surface area contributed by atoms with Crippen LogP contribution in [0.15, 0.2) is 0 Å². The third-order valence-electron chi connectivity index (χ3n) is 1.81. The van der Waals surface area contributed by atoms with E-state index in [0.29, 0.717) is 12.5 Å². The van der Waals surface area contributed by atoms with Crippen molar-refractivity contribution in [2.45, 2.75) is 46.6 Å². The van der Waals surface area contributed by atoms with Crippen LogP contribution >= 0.6 is 0 Å². The summed E-state index contributed by atoms with van der Waals surface area (Å²) >= 11 is 0. The number of carbonyl (C=O) groups excluding carboxylic acids is 2. The molecule has 0 spiro atoms. The Bertz CT molecular complexity index is 213. The highest BCUT2D eigenvalue weighted by Gasteiger charge is 2.09. The monoisotopic (exact) mass is 214 g/mol. The van der Waals surface area contributed by atoms with Gasteiger partial charge in [-0.25, -0.2) is 0 Å². The summed E-state index contributed by atoms with van der Waals surface area (Å²) in [7, 11) is 0. The lowest BCUT2D eigenvalue weighted by molar-refractivity contribution is -0.129. The minimum atomic E-state index is -0.216. The zero-order valence-electron chi connectivity index (χ0n) is 10.1. The molecule has 15 heavy (non-hydrogen) atoms. The molecule has 2 N–H and O–H groups in total. The second-order valence-corrected chi connectivity index (χ2v) is 4.43. The first kappa shape index (κ1) is 13.9. The second kappa shape index (κ2) is 7.26. The average Bonchev–Trinajstić information content (AvgIpc) is 2.00. The first-order valence-electron chi connectivity index (χ1n) is 5.48. The Morgan fingerprint density at radius 2 is 1.67 bits per heavy atom. The summed E-state index contributed by atoms with van der Waals surface area (Å²) in [5, 5.41) is 5.39. The lowest BCUT2D eigenvalue weighted by Gasteiger charge is -2.09. The van der Waals surface area contributed by atoms with Gasteiger partial charge in [0, 0.05) is 12.6 Å². The SMILES string of the molecule is CC(C)CCNC(=O)CC(=O)NC(C)C. The van der Waals surface area contributed by atoms with Crippen molar-refractivity contribution >= 4 is 11.8 Å². The van der Waals surface area contributed by atoms with Gasteiger partial charge < -0.3 is 10.6 Å². The Kier molecular flexibility index (Phi) is 6.75. The summed E-state index contributed by atoms with van der Waals surface area (Å²) < 4.78 is 0. The maximum atomic E-state index is 11.2. The fourth-order valence-electron chi connectivity index (χ4n) is 1.08. The van der Waals surface area contributed by atoms with Crippen molar-refractivity contribution < 1.29 is 9.59 Å². The Morgan fingerprint density at radius 3 is 2.13 bits per heavy atom. The highest BCUT2D eigenvalue weighted by Crippen LogP contribution is 1.96. The van der Waals surface area contributed by atoms with Gasteiger partial charge in [0.05, 0.1) is 0 Å². The molecule has 0 heterocycles. The number of hydrogen-bond acceptors (Lipinski definition) is 2. The number of amides is 2. The van der Waals surface area contributed by atoms with Crippen molar-refractivity contribution in [2.24, 2.45) is 5.92 Å². The second-order valence-electron chi connectivity index (χ2n) is 4.43. The third kappa shape index (κ3) is 9.25. The quantitative estimate of drug-likeness (QED) is 0.650. The smallest absolute Gasteiger partial charge is 0.229 e. The molecule has 0 aromatic rings.